The molecule has 4 N–H and O–H groups in total. The zero-order valence-corrected chi connectivity index (χ0v) is 19.6. The quantitative estimate of drug-likeness (QED) is 0.162. The smallest absolute Gasteiger partial charge is 0.305 e. The Bertz CT molecular complexity index is 928. The van der Waals surface area contributed by atoms with Crippen LogP contribution in [0.5, 0.6) is 0 Å². The van der Waals surface area contributed by atoms with E-state index in [0.717, 1.165) is 0 Å². The Balaban J connectivity index is 0.00000512. The molecule has 32 heavy (non-hydrogen) atoms. The first kappa shape index (κ1) is 27.0. The van der Waals surface area contributed by atoms with Crippen LogP contribution in [0.15, 0.2) is 48.7 Å². The Morgan fingerprint density at radius 3 is 2.56 bits per heavy atom. The average molecular weight is 452 g/mol. The molecular weight excluding hydrogens is 429 g/mol. The molecule has 2 rings (SSSR count). The van der Waals surface area contributed by atoms with E-state index in [9.17, 15) is 24.5 Å². The van der Waals surface area contributed by atoms with Crippen LogP contribution < -0.4 is 16.0 Å². The number of carbonyl (C=O) groups is 3. The minimum atomic E-state index is -1.18. The van der Waals surface area contributed by atoms with Crippen molar-refractivity contribution in [2.45, 2.75) is 25.3 Å². The number of carboxylic acids is 1. The Kier molecular flexibility index (Phi) is 11.9. The number of pyridine rings is 1. The first-order valence-electron chi connectivity index (χ1n) is 9.52. The van der Waals surface area contributed by atoms with E-state index in [1.54, 1.807) is 18.3 Å². The predicted octanol–water partition coefficient (Wildman–Crippen LogP) is 1.25. The third-order valence-corrected chi connectivity index (χ3v) is 4.20. The van der Waals surface area contributed by atoms with Gasteiger partial charge in [-0.1, -0.05) is 18.2 Å². The summed E-state index contributed by atoms with van der Waals surface area (Å²) >= 11 is 0. The molecule has 1 unspecified atom stereocenters. The van der Waals surface area contributed by atoms with Gasteiger partial charge in [-0.25, -0.2) is 4.98 Å². The van der Waals surface area contributed by atoms with Crippen LogP contribution in [-0.4, -0.2) is 75.4 Å². The zero-order valence-electron chi connectivity index (χ0n) is 17.6. The number of carbonyl (C=O) groups excluding carboxylic acids is 2. The topological polar surface area (TPSA) is 164 Å². The van der Waals surface area contributed by atoms with E-state index in [1.165, 1.54) is 24.3 Å². The Hall–Kier alpha value is -3.02. The molecule has 0 bridgehead atoms. The van der Waals surface area contributed by atoms with Gasteiger partial charge in [0.15, 0.2) is 0 Å². The molecule has 2 amide bonds. The van der Waals surface area contributed by atoms with Crippen molar-refractivity contribution in [3.63, 3.8) is 0 Å². The van der Waals surface area contributed by atoms with E-state index in [2.05, 4.69) is 20.9 Å². The van der Waals surface area contributed by atoms with Crippen molar-refractivity contribution in [3.8, 4) is 0 Å². The molecule has 0 saturated heterocycles. The zero-order chi connectivity index (χ0) is 22.6. The second-order valence-corrected chi connectivity index (χ2v) is 6.59. The van der Waals surface area contributed by atoms with Crippen molar-refractivity contribution in [3.05, 3.63) is 64.3 Å². The van der Waals surface area contributed by atoms with E-state index in [4.69, 9.17) is 5.11 Å². The van der Waals surface area contributed by atoms with Crippen molar-refractivity contribution >= 4 is 58.8 Å². The van der Waals surface area contributed by atoms with E-state index in [1.807, 2.05) is 6.07 Å². The summed E-state index contributed by atoms with van der Waals surface area (Å²) < 4.78 is 0. The molecule has 0 aliphatic carbocycles. The largest absolute Gasteiger partial charge is 0.481 e. The summed E-state index contributed by atoms with van der Waals surface area (Å²) in [6.07, 6.45) is 1.91. The van der Waals surface area contributed by atoms with Crippen LogP contribution in [0, 0.1) is 10.1 Å². The van der Waals surface area contributed by atoms with Crippen LogP contribution in [0.25, 0.3) is 0 Å². The molecule has 12 heteroatoms. The Morgan fingerprint density at radius 1 is 1.12 bits per heavy atom. The van der Waals surface area contributed by atoms with Crippen LogP contribution in [0.2, 0.25) is 0 Å². The van der Waals surface area contributed by atoms with E-state index in [0.29, 0.717) is 18.8 Å². The third-order valence-electron chi connectivity index (χ3n) is 4.20. The van der Waals surface area contributed by atoms with Gasteiger partial charge in [-0.3, -0.25) is 24.5 Å². The van der Waals surface area contributed by atoms with Gasteiger partial charge in [0.25, 0.3) is 5.69 Å². The van der Waals surface area contributed by atoms with Gasteiger partial charge in [-0.2, -0.15) is 0 Å². The van der Waals surface area contributed by atoms with Gasteiger partial charge >= 0.3 is 5.97 Å². The summed E-state index contributed by atoms with van der Waals surface area (Å²) in [5.41, 5.74) is 0.0756. The van der Waals surface area contributed by atoms with E-state index < -0.39 is 29.3 Å². The van der Waals surface area contributed by atoms with Gasteiger partial charge in [0.2, 0.25) is 11.8 Å². The van der Waals surface area contributed by atoms with Crippen molar-refractivity contribution in [2.24, 2.45) is 0 Å². The van der Waals surface area contributed by atoms with Gasteiger partial charge in [-0.05, 0) is 24.1 Å². The molecule has 165 valence electrons. The van der Waals surface area contributed by atoms with Gasteiger partial charge in [0.05, 0.1) is 23.9 Å². The summed E-state index contributed by atoms with van der Waals surface area (Å²) in [4.78, 5) is 49.6. The predicted molar refractivity (Wildman–Crippen MR) is 117 cm³/mol. The molecule has 1 aromatic carbocycles. The first-order valence-corrected chi connectivity index (χ1v) is 9.52. The number of hydrogen-bond donors (Lipinski definition) is 4. The van der Waals surface area contributed by atoms with Gasteiger partial charge in [-0.15, -0.1) is 0 Å². The number of aliphatic carboxylic acids is 1. The van der Waals surface area contributed by atoms with E-state index in [-0.39, 0.29) is 59.7 Å². The standard InChI is InChI=1S/C20H23N5O6.Na/c26-18(8-4-10-22-17-7-1-2-9-21-17)23-13-19(27)24-16(12-20(28)29)14-5-3-6-15(11-14)25(30)31;/h1-3,5-7,9,11,16H,4,8,10,12-13H2,(H,21,22)(H,23,26)(H,24,27)(H,28,29);. The molecule has 1 atom stereocenters. The van der Waals surface area contributed by atoms with Crippen molar-refractivity contribution in [1.29, 1.82) is 0 Å². The number of nitro groups is 1. The average Bonchev–Trinajstić information content (AvgIpc) is 2.75. The van der Waals surface area contributed by atoms with E-state index >= 15 is 0 Å². The minimum absolute atomic E-state index is 0. The number of nitrogens with zero attached hydrogens (tertiary/aromatic N) is 2. The number of rotatable bonds is 12. The van der Waals surface area contributed by atoms with Crippen LogP contribution >= 0.6 is 0 Å². The Morgan fingerprint density at radius 2 is 1.91 bits per heavy atom. The number of non-ortho nitro benzene ring substituents is 1. The number of anilines is 1. The van der Waals surface area contributed by atoms with Gasteiger partial charge in [0.1, 0.15) is 5.82 Å². The number of hydrogen-bond acceptors (Lipinski definition) is 7. The summed E-state index contributed by atoms with van der Waals surface area (Å²) in [7, 11) is 0. The maximum Gasteiger partial charge on any atom is 0.305 e. The molecule has 0 aliphatic rings. The second kappa shape index (κ2) is 14.1. The number of nitro benzene ring substituents is 1. The normalized spacial score (nSPS) is 10.9. The minimum Gasteiger partial charge on any atom is -0.481 e. The molecule has 0 spiro atoms. The van der Waals surface area contributed by atoms with Crippen LogP contribution in [-0.2, 0) is 14.4 Å². The molecular formula is C20H23N5NaO6. The first-order chi connectivity index (χ1) is 14.8. The second-order valence-electron chi connectivity index (χ2n) is 6.59. The number of aromatic nitrogens is 1. The van der Waals surface area contributed by atoms with Gasteiger partial charge in [0, 0.05) is 60.9 Å². The summed E-state index contributed by atoms with van der Waals surface area (Å²) in [6, 6.07) is 9.86. The molecule has 11 nitrogen and oxygen atoms in total. The van der Waals surface area contributed by atoms with Crippen LogP contribution in [0.1, 0.15) is 30.9 Å². The molecule has 1 radical (unpaired) electrons. The number of amides is 2. The molecule has 1 heterocycles. The fourth-order valence-electron chi connectivity index (χ4n) is 2.73. The fourth-order valence-corrected chi connectivity index (χ4v) is 2.73. The summed E-state index contributed by atoms with van der Waals surface area (Å²) in [5, 5.41) is 28.1. The number of carboxylic acid groups (broad SMARTS) is 1. The summed E-state index contributed by atoms with van der Waals surface area (Å²) in [5.74, 6) is -1.41. The van der Waals surface area contributed by atoms with Crippen molar-refractivity contribution in [1.82, 2.24) is 15.6 Å². The third kappa shape index (κ3) is 9.86. The molecule has 2 aromatic rings. The maximum absolute atomic E-state index is 12.2. The fraction of sp³-hybridized carbons (Fsp3) is 0.300. The number of nitrogens with one attached hydrogen (secondary N) is 3. The monoisotopic (exact) mass is 452 g/mol. The van der Waals surface area contributed by atoms with Crippen molar-refractivity contribution in [2.75, 3.05) is 18.4 Å². The Labute approximate surface area is 206 Å². The molecule has 0 saturated carbocycles. The van der Waals surface area contributed by atoms with Crippen molar-refractivity contribution < 1.29 is 24.4 Å². The SMILES string of the molecule is O=C(O)CC(NC(=O)CNC(=O)CCCNc1ccccn1)c1cccc([N+](=O)[O-])c1.[Na]. The van der Waals surface area contributed by atoms with Crippen LogP contribution in [0.3, 0.4) is 0 Å². The number of benzene rings is 1. The molecule has 0 fully saturated rings. The molecule has 0 aliphatic heterocycles. The molecule has 1 aromatic heterocycles. The summed E-state index contributed by atoms with van der Waals surface area (Å²) in [6.45, 7) is 0.196. The van der Waals surface area contributed by atoms with Gasteiger partial charge < -0.3 is 21.1 Å². The van der Waals surface area contributed by atoms with Crippen LogP contribution in [0.4, 0.5) is 11.5 Å². The maximum atomic E-state index is 12.2.